The molecule has 1 saturated heterocycles. The first kappa shape index (κ1) is 15.0. The maximum atomic E-state index is 12.6. The lowest BCUT2D eigenvalue weighted by atomic mass is 10.00. The monoisotopic (exact) mass is 294 g/mol. The molecular weight excluding hydrogens is 272 g/mol. The zero-order valence-electron chi connectivity index (χ0n) is 12.1. The Bertz CT molecular complexity index is 458. The lowest BCUT2D eigenvalue weighted by Gasteiger charge is -2.39. The molecule has 0 saturated carbocycles. The predicted octanol–water partition coefficient (Wildman–Crippen LogP) is 2.54. The van der Waals surface area contributed by atoms with E-state index >= 15 is 0 Å². The predicted molar refractivity (Wildman–Crippen MR) is 80.4 cm³/mol. The fraction of sp³-hybridized carbons (Fsp3) is 0.600. The van der Waals surface area contributed by atoms with Crippen LogP contribution >= 0.6 is 11.3 Å². The molecule has 1 aliphatic rings. The van der Waals surface area contributed by atoms with E-state index in [4.69, 9.17) is 0 Å². The number of rotatable bonds is 6. The van der Waals surface area contributed by atoms with Crippen LogP contribution in [-0.2, 0) is 16.1 Å². The number of carbonyl (C=O) groups excluding carboxylic acids is 2. The Morgan fingerprint density at radius 1 is 1.25 bits per heavy atom. The van der Waals surface area contributed by atoms with E-state index in [0.717, 1.165) is 24.8 Å². The molecule has 5 heteroatoms. The van der Waals surface area contributed by atoms with Gasteiger partial charge in [0, 0.05) is 6.54 Å². The maximum absolute atomic E-state index is 12.6. The fourth-order valence-electron chi connectivity index (χ4n) is 2.64. The molecule has 2 heterocycles. The molecular formula is C15H22N2O2S. The van der Waals surface area contributed by atoms with Crippen LogP contribution in [0.2, 0.25) is 0 Å². The van der Waals surface area contributed by atoms with Gasteiger partial charge in [-0.15, -0.1) is 0 Å². The maximum Gasteiger partial charge on any atom is 0.246 e. The van der Waals surface area contributed by atoms with Crippen LogP contribution in [0, 0.1) is 0 Å². The molecule has 0 aromatic carbocycles. The first-order valence-electron chi connectivity index (χ1n) is 7.29. The number of carbonyl (C=O) groups is 2. The summed E-state index contributed by atoms with van der Waals surface area (Å²) in [5, 5.41) is 6.93. The van der Waals surface area contributed by atoms with Gasteiger partial charge in [-0.05, 0) is 35.2 Å². The summed E-state index contributed by atoms with van der Waals surface area (Å²) in [5.41, 5.74) is 1.11. The Morgan fingerprint density at radius 3 is 2.60 bits per heavy atom. The van der Waals surface area contributed by atoms with Crippen molar-refractivity contribution in [2.75, 3.05) is 0 Å². The van der Waals surface area contributed by atoms with Crippen molar-refractivity contribution >= 4 is 23.2 Å². The summed E-state index contributed by atoms with van der Waals surface area (Å²) in [7, 11) is 0. The van der Waals surface area contributed by atoms with Crippen molar-refractivity contribution in [3.63, 3.8) is 0 Å². The van der Waals surface area contributed by atoms with Gasteiger partial charge in [0.25, 0.3) is 0 Å². The quantitative estimate of drug-likeness (QED) is 0.876. The van der Waals surface area contributed by atoms with Crippen LogP contribution in [0.5, 0.6) is 0 Å². The van der Waals surface area contributed by atoms with Crippen molar-refractivity contribution in [1.29, 1.82) is 0 Å². The molecule has 0 bridgehead atoms. The van der Waals surface area contributed by atoms with Gasteiger partial charge in [0.05, 0.1) is 0 Å². The molecule has 2 atom stereocenters. The van der Waals surface area contributed by atoms with Gasteiger partial charge < -0.3 is 10.2 Å². The summed E-state index contributed by atoms with van der Waals surface area (Å²) in [6.07, 6.45) is 3.22. The minimum absolute atomic E-state index is 0.000120. The van der Waals surface area contributed by atoms with Crippen LogP contribution in [0.4, 0.5) is 0 Å². The summed E-state index contributed by atoms with van der Waals surface area (Å²) in [6.45, 7) is 4.61. The van der Waals surface area contributed by atoms with Gasteiger partial charge in [0.1, 0.15) is 12.1 Å². The molecule has 2 amide bonds. The van der Waals surface area contributed by atoms with E-state index in [1.165, 1.54) is 0 Å². The Morgan fingerprint density at radius 2 is 2.00 bits per heavy atom. The summed E-state index contributed by atoms with van der Waals surface area (Å²) < 4.78 is 0. The van der Waals surface area contributed by atoms with Gasteiger partial charge in [-0.3, -0.25) is 9.59 Å². The Balaban J connectivity index is 2.19. The highest BCUT2D eigenvalue weighted by Gasteiger charge is 2.39. The first-order valence-corrected chi connectivity index (χ1v) is 8.23. The number of hydrogen-bond donors (Lipinski definition) is 1. The second kappa shape index (κ2) is 6.88. The van der Waals surface area contributed by atoms with Crippen LogP contribution in [0.1, 0.15) is 45.1 Å². The van der Waals surface area contributed by atoms with Crippen LogP contribution in [-0.4, -0.2) is 28.8 Å². The van der Waals surface area contributed by atoms with Crippen LogP contribution < -0.4 is 5.32 Å². The van der Waals surface area contributed by atoms with Gasteiger partial charge in [-0.2, -0.15) is 11.3 Å². The topological polar surface area (TPSA) is 49.4 Å². The number of nitrogens with zero attached hydrogens (tertiary/aromatic N) is 1. The highest BCUT2D eigenvalue weighted by molar-refractivity contribution is 7.07. The SMILES string of the molecule is CCCC1NC(=O)C(CCC)N(Cc2ccsc2)C1=O. The summed E-state index contributed by atoms with van der Waals surface area (Å²) >= 11 is 1.62. The van der Waals surface area contributed by atoms with Crippen molar-refractivity contribution in [3.8, 4) is 0 Å². The molecule has 2 rings (SSSR count). The minimum atomic E-state index is -0.348. The lowest BCUT2D eigenvalue weighted by Crippen LogP contribution is -2.62. The zero-order valence-corrected chi connectivity index (χ0v) is 12.9. The van der Waals surface area contributed by atoms with Crippen molar-refractivity contribution in [2.45, 2.75) is 58.2 Å². The molecule has 1 aromatic heterocycles. The number of hydrogen-bond acceptors (Lipinski definition) is 3. The molecule has 0 spiro atoms. The number of amides is 2. The smallest absolute Gasteiger partial charge is 0.246 e. The summed E-state index contributed by atoms with van der Waals surface area (Å²) in [4.78, 5) is 26.6. The number of nitrogens with one attached hydrogen (secondary N) is 1. The van der Waals surface area contributed by atoms with Crippen molar-refractivity contribution in [1.82, 2.24) is 10.2 Å². The largest absolute Gasteiger partial charge is 0.343 e. The molecule has 20 heavy (non-hydrogen) atoms. The number of piperazine rings is 1. The molecule has 1 aromatic rings. The molecule has 4 nitrogen and oxygen atoms in total. The zero-order chi connectivity index (χ0) is 14.5. The Labute approximate surface area is 124 Å². The highest BCUT2D eigenvalue weighted by Crippen LogP contribution is 2.21. The molecule has 0 aliphatic carbocycles. The van der Waals surface area contributed by atoms with Gasteiger partial charge >= 0.3 is 0 Å². The van der Waals surface area contributed by atoms with Gasteiger partial charge in [0.2, 0.25) is 11.8 Å². The number of thiophene rings is 1. The van der Waals surface area contributed by atoms with Crippen molar-refractivity contribution < 1.29 is 9.59 Å². The van der Waals surface area contributed by atoms with E-state index in [2.05, 4.69) is 5.32 Å². The summed E-state index contributed by atoms with van der Waals surface area (Å²) in [6, 6.07) is 1.35. The third-order valence-electron chi connectivity index (χ3n) is 3.65. The lowest BCUT2D eigenvalue weighted by molar-refractivity contribution is -0.150. The second-order valence-electron chi connectivity index (χ2n) is 5.25. The van der Waals surface area contributed by atoms with Crippen LogP contribution in [0.15, 0.2) is 16.8 Å². The fourth-order valence-corrected chi connectivity index (χ4v) is 3.30. The standard InChI is InChI=1S/C15H22N2O2S/c1-3-5-12-15(19)17(9-11-7-8-20-10-11)13(6-4-2)14(18)16-12/h7-8,10,12-13H,3-6,9H2,1-2H3,(H,16,18). The summed E-state index contributed by atoms with van der Waals surface area (Å²) in [5.74, 6) is 0.0660. The normalized spacial score (nSPS) is 23.0. The van der Waals surface area contributed by atoms with Gasteiger partial charge in [0.15, 0.2) is 0 Å². The Hall–Kier alpha value is -1.36. The van der Waals surface area contributed by atoms with Crippen molar-refractivity contribution in [3.05, 3.63) is 22.4 Å². The highest BCUT2D eigenvalue weighted by atomic mass is 32.1. The van der Waals surface area contributed by atoms with Crippen molar-refractivity contribution in [2.24, 2.45) is 0 Å². The van der Waals surface area contributed by atoms with E-state index in [0.29, 0.717) is 13.0 Å². The Kier molecular flexibility index (Phi) is 5.17. The van der Waals surface area contributed by atoms with Crippen LogP contribution in [0.25, 0.3) is 0 Å². The van der Waals surface area contributed by atoms with E-state index in [1.807, 2.05) is 30.7 Å². The van der Waals surface area contributed by atoms with E-state index in [9.17, 15) is 9.59 Å². The molecule has 0 radical (unpaired) electrons. The first-order chi connectivity index (χ1) is 9.67. The molecule has 1 fully saturated rings. The molecule has 1 aliphatic heterocycles. The van der Waals surface area contributed by atoms with E-state index < -0.39 is 0 Å². The van der Waals surface area contributed by atoms with Crippen LogP contribution in [0.3, 0.4) is 0 Å². The molecule has 1 N–H and O–H groups in total. The van der Waals surface area contributed by atoms with E-state index in [1.54, 1.807) is 16.2 Å². The second-order valence-corrected chi connectivity index (χ2v) is 6.03. The van der Waals surface area contributed by atoms with Gasteiger partial charge in [-0.1, -0.05) is 26.7 Å². The minimum Gasteiger partial charge on any atom is -0.343 e. The third-order valence-corrected chi connectivity index (χ3v) is 4.38. The average Bonchev–Trinajstić information content (AvgIpc) is 2.93. The van der Waals surface area contributed by atoms with E-state index in [-0.39, 0.29) is 23.9 Å². The molecule has 110 valence electrons. The van der Waals surface area contributed by atoms with Gasteiger partial charge in [-0.25, -0.2) is 0 Å². The molecule has 2 unspecified atom stereocenters. The average molecular weight is 294 g/mol. The third kappa shape index (κ3) is 3.20.